The Morgan fingerprint density at radius 3 is 2.23 bits per heavy atom. The highest BCUT2D eigenvalue weighted by Crippen LogP contribution is 2.26. The van der Waals surface area contributed by atoms with Crippen molar-refractivity contribution >= 4 is 10.0 Å². The molecule has 0 bridgehead atoms. The monoisotopic (exact) mass is 370 g/mol. The van der Waals surface area contributed by atoms with Gasteiger partial charge in [0.2, 0.25) is 10.0 Å². The third-order valence-electron chi connectivity index (χ3n) is 4.34. The molecule has 3 aromatic rings. The summed E-state index contributed by atoms with van der Waals surface area (Å²) in [5.41, 5.74) is 4.80. The maximum Gasteiger partial charge on any atom is 0.241 e. The fraction of sp³-hybridized carbons (Fsp3) is 0.250. The maximum atomic E-state index is 12.9. The molecule has 1 aromatic heterocycles. The fourth-order valence-corrected chi connectivity index (χ4v) is 4.70. The molecular weight excluding hydrogens is 348 g/mol. The highest BCUT2D eigenvalue weighted by atomic mass is 32.2. The van der Waals surface area contributed by atoms with Gasteiger partial charge in [0.25, 0.3) is 0 Å². The van der Waals surface area contributed by atoms with E-state index in [9.17, 15) is 8.42 Å². The molecule has 2 aromatic carbocycles. The summed E-state index contributed by atoms with van der Waals surface area (Å²) in [6, 6.07) is 13.3. The van der Waals surface area contributed by atoms with Gasteiger partial charge < -0.3 is 4.52 Å². The summed E-state index contributed by atoms with van der Waals surface area (Å²) in [4.78, 5) is 0.332. The third kappa shape index (κ3) is 3.57. The smallest absolute Gasteiger partial charge is 0.241 e. The Balaban J connectivity index is 1.92. The van der Waals surface area contributed by atoms with E-state index in [1.165, 1.54) is 0 Å². The maximum absolute atomic E-state index is 12.9. The van der Waals surface area contributed by atoms with E-state index in [0.717, 1.165) is 27.8 Å². The first kappa shape index (κ1) is 18.4. The quantitative estimate of drug-likeness (QED) is 0.735. The zero-order valence-electron chi connectivity index (χ0n) is 15.3. The number of nitrogens with one attached hydrogen (secondary N) is 1. The minimum Gasteiger partial charge on any atom is -0.361 e. The van der Waals surface area contributed by atoms with Gasteiger partial charge in [0.1, 0.15) is 11.5 Å². The molecule has 3 rings (SSSR count). The van der Waals surface area contributed by atoms with Crippen molar-refractivity contribution in [2.24, 2.45) is 0 Å². The highest BCUT2D eigenvalue weighted by Gasteiger charge is 2.22. The molecule has 0 fully saturated rings. The molecule has 1 heterocycles. The number of hydrogen-bond donors (Lipinski definition) is 1. The molecule has 0 saturated heterocycles. The van der Waals surface area contributed by atoms with Crippen molar-refractivity contribution in [1.29, 1.82) is 0 Å². The lowest BCUT2D eigenvalue weighted by molar-refractivity contribution is 0.398. The van der Waals surface area contributed by atoms with Crippen molar-refractivity contribution in [3.05, 3.63) is 70.5 Å². The molecule has 136 valence electrons. The van der Waals surface area contributed by atoms with Crippen LogP contribution in [-0.2, 0) is 16.6 Å². The van der Waals surface area contributed by atoms with Crippen molar-refractivity contribution in [1.82, 2.24) is 9.88 Å². The Bertz CT molecular complexity index is 1020. The number of nitrogens with zero attached hydrogens (tertiary/aromatic N) is 1. The number of rotatable bonds is 5. The lowest BCUT2D eigenvalue weighted by Crippen LogP contribution is -2.25. The summed E-state index contributed by atoms with van der Waals surface area (Å²) in [6.07, 6.45) is 0. The lowest BCUT2D eigenvalue weighted by Gasteiger charge is -2.13. The molecule has 0 aliphatic carbocycles. The largest absolute Gasteiger partial charge is 0.361 e. The molecule has 1 N–H and O–H groups in total. The number of aromatic nitrogens is 1. The predicted octanol–water partition coefficient (Wildman–Crippen LogP) is 4.05. The first-order valence-electron chi connectivity index (χ1n) is 8.37. The standard InChI is InChI=1S/C20H22N2O3S/c1-13-10-14(2)20(15(3)11-13)26(23,24)21-12-18-16(4)25-22-19(18)17-8-6-5-7-9-17/h5-11,21H,12H2,1-4H3. The minimum absolute atomic E-state index is 0.120. The molecule has 0 amide bonds. The molecular formula is C20H22N2O3S. The second-order valence-corrected chi connectivity index (χ2v) is 8.19. The number of aryl methyl sites for hydroxylation is 4. The van der Waals surface area contributed by atoms with Gasteiger partial charge in [-0.2, -0.15) is 0 Å². The van der Waals surface area contributed by atoms with Crippen LogP contribution in [0.5, 0.6) is 0 Å². The number of benzene rings is 2. The van der Waals surface area contributed by atoms with Gasteiger partial charge in [0, 0.05) is 17.7 Å². The highest BCUT2D eigenvalue weighted by molar-refractivity contribution is 7.89. The molecule has 0 spiro atoms. The van der Waals surface area contributed by atoms with Gasteiger partial charge in [0.05, 0.1) is 4.90 Å². The topological polar surface area (TPSA) is 72.2 Å². The number of sulfonamides is 1. The second kappa shape index (κ2) is 7.05. The van der Waals surface area contributed by atoms with Crippen LogP contribution in [0.1, 0.15) is 28.0 Å². The van der Waals surface area contributed by atoms with Gasteiger partial charge in [-0.3, -0.25) is 0 Å². The van der Waals surface area contributed by atoms with Crippen LogP contribution in [0.25, 0.3) is 11.3 Å². The summed E-state index contributed by atoms with van der Waals surface area (Å²) in [5.74, 6) is 0.601. The average molecular weight is 370 g/mol. The second-order valence-electron chi connectivity index (χ2n) is 6.48. The normalized spacial score (nSPS) is 11.7. The summed E-state index contributed by atoms with van der Waals surface area (Å²) in [5, 5.41) is 4.10. The molecule has 26 heavy (non-hydrogen) atoms. The molecule has 6 heteroatoms. The summed E-state index contributed by atoms with van der Waals surface area (Å²) in [6.45, 7) is 7.49. The Kier molecular flexibility index (Phi) is 4.98. The van der Waals surface area contributed by atoms with Crippen molar-refractivity contribution in [3.8, 4) is 11.3 Å². The molecule has 0 saturated carbocycles. The summed E-state index contributed by atoms with van der Waals surface area (Å²) < 4.78 is 33.8. The average Bonchev–Trinajstić information content (AvgIpc) is 2.93. The van der Waals surface area contributed by atoms with Crippen LogP contribution >= 0.6 is 0 Å². The van der Waals surface area contributed by atoms with E-state index in [1.54, 1.807) is 6.92 Å². The Labute approximate surface area is 154 Å². The van der Waals surface area contributed by atoms with Crippen LogP contribution in [0.2, 0.25) is 0 Å². The predicted molar refractivity (Wildman–Crippen MR) is 101 cm³/mol. The lowest BCUT2D eigenvalue weighted by atomic mass is 10.1. The van der Waals surface area contributed by atoms with Gasteiger partial charge in [-0.05, 0) is 38.8 Å². The Morgan fingerprint density at radius 1 is 1.00 bits per heavy atom. The van der Waals surface area contributed by atoms with Crippen molar-refractivity contribution in [3.63, 3.8) is 0 Å². The molecule has 0 aliphatic rings. The van der Waals surface area contributed by atoms with Crippen LogP contribution in [0.15, 0.2) is 51.9 Å². The van der Waals surface area contributed by atoms with Crippen molar-refractivity contribution in [2.75, 3.05) is 0 Å². The van der Waals surface area contributed by atoms with Gasteiger partial charge in [-0.15, -0.1) is 0 Å². The zero-order chi connectivity index (χ0) is 18.9. The molecule has 0 radical (unpaired) electrons. The van der Waals surface area contributed by atoms with Gasteiger partial charge in [-0.1, -0.05) is 53.2 Å². The minimum atomic E-state index is -3.65. The molecule has 0 aliphatic heterocycles. The zero-order valence-corrected chi connectivity index (χ0v) is 16.1. The van der Waals surface area contributed by atoms with Crippen LogP contribution in [-0.4, -0.2) is 13.6 Å². The molecule has 0 atom stereocenters. The van der Waals surface area contributed by atoms with Crippen LogP contribution in [0.4, 0.5) is 0 Å². The SMILES string of the molecule is Cc1cc(C)c(S(=O)(=O)NCc2c(-c3ccccc3)noc2C)c(C)c1. The van der Waals surface area contributed by atoms with Crippen LogP contribution < -0.4 is 4.72 Å². The Hall–Kier alpha value is -2.44. The van der Waals surface area contributed by atoms with E-state index in [0.29, 0.717) is 16.3 Å². The summed E-state index contributed by atoms with van der Waals surface area (Å²) in [7, 11) is -3.65. The van der Waals surface area contributed by atoms with Crippen LogP contribution in [0.3, 0.4) is 0 Å². The third-order valence-corrected chi connectivity index (χ3v) is 6.05. The summed E-state index contributed by atoms with van der Waals surface area (Å²) >= 11 is 0. The first-order chi connectivity index (χ1) is 12.3. The first-order valence-corrected chi connectivity index (χ1v) is 9.86. The van der Waals surface area contributed by atoms with Crippen molar-refractivity contribution in [2.45, 2.75) is 39.1 Å². The van der Waals surface area contributed by atoms with E-state index in [2.05, 4.69) is 9.88 Å². The number of hydrogen-bond acceptors (Lipinski definition) is 4. The van der Waals surface area contributed by atoms with E-state index < -0.39 is 10.0 Å². The molecule has 5 nitrogen and oxygen atoms in total. The van der Waals surface area contributed by atoms with E-state index in [1.807, 2.05) is 63.2 Å². The van der Waals surface area contributed by atoms with Gasteiger partial charge >= 0.3 is 0 Å². The fourth-order valence-electron chi connectivity index (χ4n) is 3.25. The van der Waals surface area contributed by atoms with Crippen LogP contribution in [0, 0.1) is 27.7 Å². The molecule has 0 unspecified atom stereocenters. The Morgan fingerprint density at radius 2 is 1.62 bits per heavy atom. The van der Waals surface area contributed by atoms with E-state index >= 15 is 0 Å². The van der Waals surface area contributed by atoms with E-state index in [4.69, 9.17) is 4.52 Å². The van der Waals surface area contributed by atoms with Gasteiger partial charge in [-0.25, -0.2) is 13.1 Å². The van der Waals surface area contributed by atoms with Crippen molar-refractivity contribution < 1.29 is 12.9 Å². The van der Waals surface area contributed by atoms with Gasteiger partial charge in [0.15, 0.2) is 0 Å². The van der Waals surface area contributed by atoms with E-state index in [-0.39, 0.29) is 6.54 Å².